The highest BCUT2D eigenvalue weighted by Crippen LogP contribution is 2.34. The third-order valence-electron chi connectivity index (χ3n) is 5.36. The molecule has 1 unspecified atom stereocenters. The van der Waals surface area contributed by atoms with Crippen molar-refractivity contribution in [2.24, 2.45) is 0 Å². The van der Waals surface area contributed by atoms with E-state index in [2.05, 4.69) is 15.6 Å². The maximum Gasteiger partial charge on any atom is 0.255 e. The number of pyridine rings is 1. The van der Waals surface area contributed by atoms with Gasteiger partial charge in [-0.05, 0) is 35.7 Å². The summed E-state index contributed by atoms with van der Waals surface area (Å²) in [6.45, 7) is 1.68. The average Bonchev–Trinajstić information content (AvgIpc) is 3.03. The van der Waals surface area contributed by atoms with E-state index in [0.29, 0.717) is 31.0 Å². The number of amides is 3. The van der Waals surface area contributed by atoms with E-state index in [9.17, 15) is 14.4 Å². The molecule has 3 amide bonds. The quantitative estimate of drug-likeness (QED) is 0.765. The number of hydrogen-bond acceptors (Lipinski definition) is 6. The fraction of sp³-hybridized carbons (Fsp3) is 0.300. The topological polar surface area (TPSA) is 101 Å². The number of carbonyl (C=O) groups excluding carboxylic acids is 3. The van der Waals surface area contributed by atoms with E-state index in [-0.39, 0.29) is 18.2 Å². The van der Waals surface area contributed by atoms with E-state index in [1.807, 2.05) is 18.2 Å². The molecule has 2 N–H and O–H groups in total. The van der Waals surface area contributed by atoms with Gasteiger partial charge in [-0.2, -0.15) is 0 Å². The van der Waals surface area contributed by atoms with E-state index >= 15 is 0 Å². The molecule has 0 bridgehead atoms. The van der Waals surface area contributed by atoms with Gasteiger partial charge in [0.15, 0.2) is 0 Å². The summed E-state index contributed by atoms with van der Waals surface area (Å²) in [4.78, 5) is 42.2. The van der Waals surface area contributed by atoms with Gasteiger partial charge in [0.1, 0.15) is 12.6 Å². The Bertz CT molecular complexity index is 1020. The lowest BCUT2D eigenvalue weighted by Gasteiger charge is -2.29. The minimum atomic E-state index is -0.604. The Hall–Kier alpha value is -3.42. The van der Waals surface area contributed by atoms with Crippen molar-refractivity contribution in [3.8, 4) is 17.0 Å². The summed E-state index contributed by atoms with van der Waals surface area (Å²) < 4.78 is 5.51. The summed E-state index contributed by atoms with van der Waals surface area (Å²) in [6.07, 6.45) is 2.36. The Morgan fingerprint density at radius 3 is 2.89 bits per heavy atom. The van der Waals surface area contributed by atoms with Gasteiger partial charge in [0.05, 0.1) is 5.69 Å². The zero-order valence-corrected chi connectivity index (χ0v) is 15.0. The molecule has 4 heterocycles. The van der Waals surface area contributed by atoms with E-state index < -0.39 is 11.9 Å². The van der Waals surface area contributed by atoms with Gasteiger partial charge in [0, 0.05) is 36.8 Å². The van der Waals surface area contributed by atoms with Crippen LogP contribution < -0.4 is 15.4 Å². The highest BCUT2D eigenvalue weighted by atomic mass is 16.5. The molecule has 8 nitrogen and oxygen atoms in total. The summed E-state index contributed by atoms with van der Waals surface area (Å²) in [5.41, 5.74) is 4.19. The van der Waals surface area contributed by atoms with Crippen LogP contribution in [-0.2, 0) is 16.1 Å². The van der Waals surface area contributed by atoms with Crippen LogP contribution in [0.15, 0.2) is 30.5 Å². The van der Waals surface area contributed by atoms with Gasteiger partial charge >= 0.3 is 0 Å². The molecular weight excluding hydrogens is 360 g/mol. The zero-order chi connectivity index (χ0) is 19.3. The first-order valence-electron chi connectivity index (χ1n) is 9.25. The molecule has 28 heavy (non-hydrogen) atoms. The van der Waals surface area contributed by atoms with Crippen LogP contribution in [0.4, 0.5) is 5.69 Å². The van der Waals surface area contributed by atoms with Crippen molar-refractivity contribution in [1.82, 2.24) is 15.2 Å². The molecule has 8 heteroatoms. The first kappa shape index (κ1) is 16.7. The molecule has 1 saturated heterocycles. The predicted octanol–water partition coefficient (Wildman–Crippen LogP) is 1.31. The summed E-state index contributed by atoms with van der Waals surface area (Å²) >= 11 is 0. The van der Waals surface area contributed by atoms with Gasteiger partial charge in [-0.1, -0.05) is 6.07 Å². The van der Waals surface area contributed by atoms with Crippen LogP contribution in [0.25, 0.3) is 11.1 Å². The Balaban J connectivity index is 1.43. The van der Waals surface area contributed by atoms with Gasteiger partial charge in [-0.15, -0.1) is 0 Å². The largest absolute Gasteiger partial charge is 0.474 e. The number of benzene rings is 1. The molecule has 2 aromatic rings. The number of fused-ring (bicyclic) bond motifs is 2. The van der Waals surface area contributed by atoms with E-state index in [4.69, 9.17) is 4.74 Å². The Labute approximate surface area is 160 Å². The number of ether oxygens (including phenoxy) is 1. The first-order chi connectivity index (χ1) is 13.6. The monoisotopic (exact) mass is 378 g/mol. The standard InChI is InChI=1S/C20H18N4O4/c25-17-4-3-16(18(26)23-17)24-10-13-7-11(1-2-14(13)20(24)27)12-8-15-19(22-9-12)28-6-5-21-15/h1-2,7-9,16,21H,3-6,10H2,(H,23,25,26). The lowest BCUT2D eigenvalue weighted by atomic mass is 10.0. The molecule has 142 valence electrons. The molecule has 1 fully saturated rings. The highest BCUT2D eigenvalue weighted by Gasteiger charge is 2.39. The lowest BCUT2D eigenvalue weighted by molar-refractivity contribution is -0.136. The SMILES string of the molecule is O=C1CCC(N2Cc3cc(-c4cnc5c(c4)NCCO5)ccc3C2=O)C(=O)N1. The Morgan fingerprint density at radius 1 is 1.14 bits per heavy atom. The lowest BCUT2D eigenvalue weighted by Crippen LogP contribution is -2.52. The van der Waals surface area contributed by atoms with E-state index in [0.717, 1.165) is 28.9 Å². The minimum absolute atomic E-state index is 0.172. The third kappa shape index (κ3) is 2.69. The molecule has 0 saturated carbocycles. The molecule has 5 rings (SSSR count). The Morgan fingerprint density at radius 2 is 2.04 bits per heavy atom. The summed E-state index contributed by atoms with van der Waals surface area (Å²) in [7, 11) is 0. The van der Waals surface area contributed by atoms with Crippen molar-refractivity contribution in [3.05, 3.63) is 41.6 Å². The number of hydrogen-bond donors (Lipinski definition) is 2. The molecule has 3 aliphatic heterocycles. The van der Waals surface area contributed by atoms with Gasteiger partial charge in [0.25, 0.3) is 5.91 Å². The molecule has 0 radical (unpaired) electrons. The molecule has 0 aliphatic carbocycles. The summed E-state index contributed by atoms with van der Waals surface area (Å²) in [6, 6.07) is 7.03. The van der Waals surface area contributed by atoms with Crippen molar-refractivity contribution in [2.45, 2.75) is 25.4 Å². The summed E-state index contributed by atoms with van der Waals surface area (Å²) in [5, 5.41) is 5.59. The van der Waals surface area contributed by atoms with Gasteiger partial charge in [0.2, 0.25) is 17.7 Å². The van der Waals surface area contributed by atoms with Gasteiger partial charge < -0.3 is 15.0 Å². The molecule has 1 aromatic heterocycles. The highest BCUT2D eigenvalue weighted by molar-refractivity contribution is 6.05. The van der Waals surface area contributed by atoms with Crippen molar-refractivity contribution in [2.75, 3.05) is 18.5 Å². The number of anilines is 1. The second kappa shape index (κ2) is 6.33. The second-order valence-corrected chi connectivity index (χ2v) is 7.12. The van der Waals surface area contributed by atoms with E-state index in [1.165, 1.54) is 0 Å². The van der Waals surface area contributed by atoms with Crippen LogP contribution >= 0.6 is 0 Å². The third-order valence-corrected chi connectivity index (χ3v) is 5.36. The second-order valence-electron chi connectivity index (χ2n) is 7.12. The van der Waals surface area contributed by atoms with E-state index in [1.54, 1.807) is 17.2 Å². The first-order valence-corrected chi connectivity index (χ1v) is 9.25. The number of imide groups is 1. The van der Waals surface area contributed by atoms with Crippen LogP contribution in [0.1, 0.15) is 28.8 Å². The molecule has 3 aliphatic rings. The number of carbonyl (C=O) groups is 3. The predicted molar refractivity (Wildman–Crippen MR) is 99.7 cm³/mol. The van der Waals surface area contributed by atoms with Crippen LogP contribution in [0, 0.1) is 0 Å². The van der Waals surface area contributed by atoms with Crippen LogP contribution in [0.2, 0.25) is 0 Å². The summed E-state index contributed by atoms with van der Waals surface area (Å²) in [5.74, 6) is -0.266. The fourth-order valence-corrected chi connectivity index (χ4v) is 3.94. The van der Waals surface area contributed by atoms with Crippen molar-refractivity contribution < 1.29 is 19.1 Å². The fourth-order valence-electron chi connectivity index (χ4n) is 3.94. The van der Waals surface area contributed by atoms with Crippen LogP contribution in [0.5, 0.6) is 5.88 Å². The van der Waals surface area contributed by atoms with Crippen LogP contribution in [0.3, 0.4) is 0 Å². The minimum Gasteiger partial charge on any atom is -0.474 e. The molecule has 1 atom stereocenters. The van der Waals surface area contributed by atoms with Crippen molar-refractivity contribution in [3.63, 3.8) is 0 Å². The maximum absolute atomic E-state index is 12.8. The Kier molecular flexibility index (Phi) is 3.78. The number of aromatic nitrogens is 1. The van der Waals surface area contributed by atoms with Gasteiger partial charge in [-0.3, -0.25) is 19.7 Å². The molecule has 1 aromatic carbocycles. The number of nitrogens with zero attached hydrogens (tertiary/aromatic N) is 2. The average molecular weight is 378 g/mol. The van der Waals surface area contributed by atoms with Crippen molar-refractivity contribution in [1.29, 1.82) is 0 Å². The molecule has 0 spiro atoms. The zero-order valence-electron chi connectivity index (χ0n) is 15.0. The number of nitrogens with one attached hydrogen (secondary N) is 2. The van der Waals surface area contributed by atoms with Gasteiger partial charge in [-0.25, -0.2) is 4.98 Å². The number of piperidine rings is 1. The number of rotatable bonds is 2. The van der Waals surface area contributed by atoms with Crippen molar-refractivity contribution >= 4 is 23.4 Å². The smallest absolute Gasteiger partial charge is 0.255 e. The molecular formula is C20H18N4O4. The normalized spacial score (nSPS) is 20.8. The maximum atomic E-state index is 12.8. The van der Waals surface area contributed by atoms with Crippen LogP contribution in [-0.4, -0.2) is 46.8 Å².